The van der Waals surface area contributed by atoms with Gasteiger partial charge in [0.2, 0.25) is 5.91 Å². The highest BCUT2D eigenvalue weighted by Crippen LogP contribution is 2.16. The number of nitrogens with zero attached hydrogens (tertiary/aromatic N) is 3. The van der Waals surface area contributed by atoms with Crippen LogP contribution in [0.1, 0.15) is 12.8 Å². The molecule has 6 nitrogen and oxygen atoms in total. The molecule has 3 heterocycles. The molecule has 3 saturated heterocycles. The predicted molar refractivity (Wildman–Crippen MR) is 81.3 cm³/mol. The number of likely N-dealkylation sites (tertiary alicyclic amines) is 1. The van der Waals surface area contributed by atoms with Gasteiger partial charge >= 0.3 is 0 Å². The molecule has 3 fully saturated rings. The standard InChI is InChI=1S/C15H28N4O2/c1-17-6-8-19(9-7-17)14-12-21-11-13(14)16-15(20)10-18-4-2-3-5-18/h13-14H,2-12H2,1H3,(H,16,20)/t13-,14-/m0/s1. The Labute approximate surface area is 127 Å². The van der Waals surface area contributed by atoms with Crippen LogP contribution in [-0.4, -0.2) is 98.8 Å². The lowest BCUT2D eigenvalue weighted by atomic mass is 10.1. The second-order valence-corrected chi connectivity index (χ2v) is 6.60. The minimum atomic E-state index is 0.156. The Hall–Kier alpha value is -0.690. The summed E-state index contributed by atoms with van der Waals surface area (Å²) in [5, 5.41) is 3.20. The summed E-state index contributed by atoms with van der Waals surface area (Å²) in [5.41, 5.74) is 0. The van der Waals surface area contributed by atoms with Crippen LogP contribution < -0.4 is 5.32 Å². The molecule has 1 amide bonds. The molecule has 3 rings (SSSR count). The zero-order valence-corrected chi connectivity index (χ0v) is 13.1. The maximum absolute atomic E-state index is 12.2. The van der Waals surface area contributed by atoms with E-state index >= 15 is 0 Å². The van der Waals surface area contributed by atoms with E-state index in [0.29, 0.717) is 19.2 Å². The molecular formula is C15H28N4O2. The fraction of sp³-hybridized carbons (Fsp3) is 0.933. The van der Waals surface area contributed by atoms with E-state index in [9.17, 15) is 4.79 Å². The van der Waals surface area contributed by atoms with Crippen molar-refractivity contribution in [1.29, 1.82) is 0 Å². The molecule has 0 saturated carbocycles. The molecule has 2 atom stereocenters. The van der Waals surface area contributed by atoms with Gasteiger partial charge in [-0.2, -0.15) is 0 Å². The lowest BCUT2D eigenvalue weighted by Crippen LogP contribution is -2.57. The van der Waals surface area contributed by atoms with Crippen molar-refractivity contribution < 1.29 is 9.53 Å². The van der Waals surface area contributed by atoms with Crippen LogP contribution in [-0.2, 0) is 9.53 Å². The Morgan fingerprint density at radius 2 is 1.81 bits per heavy atom. The van der Waals surface area contributed by atoms with E-state index in [0.717, 1.165) is 45.9 Å². The normalized spacial score (nSPS) is 32.6. The Morgan fingerprint density at radius 1 is 1.10 bits per heavy atom. The first-order valence-corrected chi connectivity index (χ1v) is 8.24. The highest BCUT2D eigenvalue weighted by Gasteiger charge is 2.35. The number of ether oxygens (including phenoxy) is 1. The van der Waals surface area contributed by atoms with E-state index < -0.39 is 0 Å². The van der Waals surface area contributed by atoms with Crippen molar-refractivity contribution in [2.45, 2.75) is 24.9 Å². The fourth-order valence-corrected chi connectivity index (χ4v) is 3.59. The molecule has 0 aliphatic carbocycles. The molecule has 1 N–H and O–H groups in total. The van der Waals surface area contributed by atoms with Crippen molar-refractivity contribution in [3.63, 3.8) is 0 Å². The van der Waals surface area contributed by atoms with Crippen LogP contribution >= 0.6 is 0 Å². The molecule has 3 aliphatic rings. The van der Waals surface area contributed by atoms with Gasteiger partial charge < -0.3 is 15.0 Å². The quantitative estimate of drug-likeness (QED) is 0.737. The molecule has 0 aromatic rings. The van der Waals surface area contributed by atoms with Crippen molar-refractivity contribution >= 4 is 5.91 Å². The van der Waals surface area contributed by atoms with Gasteiger partial charge in [-0.1, -0.05) is 0 Å². The highest BCUT2D eigenvalue weighted by molar-refractivity contribution is 5.78. The maximum atomic E-state index is 12.2. The zero-order valence-electron chi connectivity index (χ0n) is 13.1. The van der Waals surface area contributed by atoms with Gasteiger partial charge in [-0.25, -0.2) is 0 Å². The number of nitrogens with one attached hydrogen (secondary N) is 1. The van der Waals surface area contributed by atoms with Gasteiger partial charge in [0.25, 0.3) is 0 Å². The Balaban J connectivity index is 1.48. The molecule has 0 unspecified atom stereocenters. The van der Waals surface area contributed by atoms with Crippen LogP contribution in [0.2, 0.25) is 0 Å². The van der Waals surface area contributed by atoms with Gasteiger partial charge in [0.05, 0.1) is 31.8 Å². The van der Waals surface area contributed by atoms with Gasteiger partial charge in [-0.3, -0.25) is 14.6 Å². The van der Waals surface area contributed by atoms with Gasteiger partial charge in [-0.15, -0.1) is 0 Å². The largest absolute Gasteiger partial charge is 0.378 e. The topological polar surface area (TPSA) is 48.1 Å². The Morgan fingerprint density at radius 3 is 2.52 bits per heavy atom. The molecule has 120 valence electrons. The summed E-state index contributed by atoms with van der Waals surface area (Å²) in [6.07, 6.45) is 2.45. The molecule has 0 spiro atoms. The molecule has 3 aliphatic heterocycles. The van der Waals surface area contributed by atoms with E-state index in [4.69, 9.17) is 4.74 Å². The van der Waals surface area contributed by atoms with Crippen LogP contribution in [0.15, 0.2) is 0 Å². The summed E-state index contributed by atoms with van der Waals surface area (Å²) in [5.74, 6) is 0.159. The third-order valence-corrected chi connectivity index (χ3v) is 4.97. The van der Waals surface area contributed by atoms with Crippen molar-refractivity contribution in [3.05, 3.63) is 0 Å². The highest BCUT2D eigenvalue weighted by atomic mass is 16.5. The summed E-state index contributed by atoms with van der Waals surface area (Å²) < 4.78 is 5.64. The van der Waals surface area contributed by atoms with Gasteiger partial charge in [-0.05, 0) is 33.0 Å². The number of hydrogen-bond donors (Lipinski definition) is 1. The second-order valence-electron chi connectivity index (χ2n) is 6.60. The number of piperazine rings is 1. The molecule has 0 aromatic carbocycles. The first-order chi connectivity index (χ1) is 10.2. The third-order valence-electron chi connectivity index (χ3n) is 4.97. The van der Waals surface area contributed by atoms with Crippen molar-refractivity contribution in [3.8, 4) is 0 Å². The zero-order chi connectivity index (χ0) is 14.7. The lowest BCUT2D eigenvalue weighted by Gasteiger charge is -2.38. The van der Waals surface area contributed by atoms with E-state index in [1.165, 1.54) is 12.8 Å². The average molecular weight is 296 g/mol. The predicted octanol–water partition coefficient (Wildman–Crippen LogP) is -0.787. The molecule has 0 radical (unpaired) electrons. The smallest absolute Gasteiger partial charge is 0.234 e. The summed E-state index contributed by atoms with van der Waals surface area (Å²) >= 11 is 0. The first-order valence-electron chi connectivity index (χ1n) is 8.24. The summed E-state index contributed by atoms with van der Waals surface area (Å²) in [4.78, 5) is 19.3. The number of amides is 1. The van der Waals surface area contributed by atoms with Gasteiger partial charge in [0.15, 0.2) is 0 Å². The van der Waals surface area contributed by atoms with Crippen molar-refractivity contribution in [2.75, 3.05) is 66.1 Å². The first kappa shape index (κ1) is 15.2. The van der Waals surface area contributed by atoms with Crippen molar-refractivity contribution in [2.24, 2.45) is 0 Å². The lowest BCUT2D eigenvalue weighted by molar-refractivity contribution is -0.123. The van der Waals surface area contributed by atoms with E-state index in [2.05, 4.69) is 27.1 Å². The molecule has 21 heavy (non-hydrogen) atoms. The van der Waals surface area contributed by atoms with E-state index in [-0.39, 0.29) is 11.9 Å². The van der Waals surface area contributed by atoms with Gasteiger partial charge in [0.1, 0.15) is 0 Å². The van der Waals surface area contributed by atoms with Crippen LogP contribution in [0.4, 0.5) is 0 Å². The Bertz CT molecular complexity index is 352. The molecule has 6 heteroatoms. The monoisotopic (exact) mass is 296 g/mol. The van der Waals surface area contributed by atoms with Crippen LogP contribution in [0, 0.1) is 0 Å². The fourth-order valence-electron chi connectivity index (χ4n) is 3.59. The maximum Gasteiger partial charge on any atom is 0.234 e. The third kappa shape index (κ3) is 3.94. The SMILES string of the molecule is CN1CCN([C@H]2COC[C@@H]2NC(=O)CN2CCCC2)CC1. The molecule has 0 aromatic heterocycles. The molecule has 0 bridgehead atoms. The average Bonchev–Trinajstić information content (AvgIpc) is 3.11. The van der Waals surface area contributed by atoms with Crippen LogP contribution in [0.25, 0.3) is 0 Å². The second kappa shape index (κ2) is 7.05. The van der Waals surface area contributed by atoms with Gasteiger partial charge in [0, 0.05) is 26.2 Å². The minimum absolute atomic E-state index is 0.156. The van der Waals surface area contributed by atoms with E-state index in [1.807, 2.05) is 0 Å². The minimum Gasteiger partial charge on any atom is -0.378 e. The molecular weight excluding hydrogens is 268 g/mol. The van der Waals surface area contributed by atoms with Crippen LogP contribution in [0.5, 0.6) is 0 Å². The summed E-state index contributed by atoms with van der Waals surface area (Å²) in [7, 11) is 2.16. The van der Waals surface area contributed by atoms with Crippen LogP contribution in [0.3, 0.4) is 0 Å². The van der Waals surface area contributed by atoms with Crippen molar-refractivity contribution in [1.82, 2.24) is 20.0 Å². The number of rotatable bonds is 4. The Kier molecular flexibility index (Phi) is 5.11. The number of carbonyl (C=O) groups excluding carboxylic acids is 1. The number of likely N-dealkylation sites (N-methyl/N-ethyl adjacent to an activating group) is 1. The number of hydrogen-bond acceptors (Lipinski definition) is 5. The number of carbonyl (C=O) groups is 1. The van der Waals surface area contributed by atoms with E-state index in [1.54, 1.807) is 0 Å². The summed E-state index contributed by atoms with van der Waals surface area (Å²) in [6.45, 7) is 8.43. The summed E-state index contributed by atoms with van der Waals surface area (Å²) in [6, 6.07) is 0.504.